The Bertz CT molecular complexity index is 1150. The van der Waals surface area contributed by atoms with Crippen LogP contribution >= 0.6 is 0 Å². The van der Waals surface area contributed by atoms with Crippen molar-refractivity contribution in [3.8, 4) is 0 Å². The number of esters is 3. The zero-order chi connectivity index (χ0) is 51.4. The van der Waals surface area contributed by atoms with Crippen molar-refractivity contribution in [2.24, 2.45) is 0 Å². The largest absolute Gasteiger partial charge is 0.462 e. The third kappa shape index (κ3) is 58.7. The van der Waals surface area contributed by atoms with Crippen molar-refractivity contribution >= 4 is 17.9 Å². The van der Waals surface area contributed by atoms with Gasteiger partial charge < -0.3 is 14.2 Å². The summed E-state index contributed by atoms with van der Waals surface area (Å²) in [4.78, 5) is 38.2. The van der Waals surface area contributed by atoms with E-state index in [1.54, 1.807) is 0 Å². The number of rotatable bonds is 59. The smallest absolute Gasteiger partial charge is 0.306 e. The van der Waals surface area contributed by atoms with Crippen LogP contribution in [0.2, 0.25) is 0 Å². The molecule has 0 aliphatic rings. The van der Waals surface area contributed by atoms with Crippen molar-refractivity contribution in [1.29, 1.82) is 0 Å². The van der Waals surface area contributed by atoms with Crippen LogP contribution in [0, 0.1) is 0 Å². The van der Waals surface area contributed by atoms with Gasteiger partial charge in [0, 0.05) is 19.3 Å². The lowest BCUT2D eigenvalue weighted by molar-refractivity contribution is -0.167. The van der Waals surface area contributed by atoms with Crippen LogP contribution in [0.3, 0.4) is 0 Å². The van der Waals surface area contributed by atoms with E-state index in [4.69, 9.17) is 14.2 Å². The lowest BCUT2D eigenvalue weighted by atomic mass is 10.0. The summed E-state index contributed by atoms with van der Waals surface area (Å²) < 4.78 is 16.9. The summed E-state index contributed by atoms with van der Waals surface area (Å²) in [6.07, 6.45) is 71.9. The Morgan fingerprint density at radius 2 is 0.535 bits per heavy atom. The lowest BCUT2D eigenvalue weighted by Crippen LogP contribution is -2.30. The molecular weight excluding hydrogens is 877 g/mol. The fraction of sp³-hybridized carbons (Fsp3) is 0.892. The van der Waals surface area contributed by atoms with E-state index >= 15 is 0 Å². The van der Waals surface area contributed by atoms with Crippen molar-refractivity contribution < 1.29 is 28.6 Å². The van der Waals surface area contributed by atoms with Gasteiger partial charge >= 0.3 is 17.9 Å². The second kappa shape index (κ2) is 60.4. The molecule has 0 fully saturated rings. The minimum Gasteiger partial charge on any atom is -0.462 e. The molecule has 71 heavy (non-hydrogen) atoms. The van der Waals surface area contributed by atoms with Crippen molar-refractivity contribution in [2.45, 2.75) is 361 Å². The number of hydrogen-bond acceptors (Lipinski definition) is 6. The third-order valence-corrected chi connectivity index (χ3v) is 14.4. The summed E-state index contributed by atoms with van der Waals surface area (Å²) >= 11 is 0. The molecule has 0 aliphatic carbocycles. The van der Waals surface area contributed by atoms with E-state index in [0.29, 0.717) is 19.3 Å². The topological polar surface area (TPSA) is 78.9 Å². The van der Waals surface area contributed by atoms with Crippen molar-refractivity contribution in [3.05, 3.63) is 24.3 Å². The first-order chi connectivity index (χ1) is 35.0. The van der Waals surface area contributed by atoms with E-state index in [0.717, 1.165) is 83.5 Å². The second-order valence-electron chi connectivity index (χ2n) is 21.7. The Labute approximate surface area is 443 Å². The minimum atomic E-state index is -0.772. The fourth-order valence-corrected chi connectivity index (χ4v) is 9.66. The summed E-state index contributed by atoms with van der Waals surface area (Å²) in [6, 6.07) is 0. The molecule has 0 N–H and O–H groups in total. The highest BCUT2D eigenvalue weighted by Crippen LogP contribution is 2.18. The normalized spacial score (nSPS) is 12.1. The molecular formula is C65H122O6. The maximum Gasteiger partial charge on any atom is 0.306 e. The van der Waals surface area contributed by atoms with Crippen molar-refractivity contribution in [3.63, 3.8) is 0 Å². The highest BCUT2D eigenvalue weighted by atomic mass is 16.6. The SMILES string of the molecule is CCC/C=C\C/C=C\CCCCCCCC(=O)OCC(COC(=O)CCCCCCCCCCCCCCCCCCCCCCCCCCC)OC(=O)CCCCCCCCCCCCCCCCC. The molecule has 0 aliphatic heterocycles. The van der Waals surface area contributed by atoms with Crippen LogP contribution in [0.4, 0.5) is 0 Å². The lowest BCUT2D eigenvalue weighted by Gasteiger charge is -2.18. The molecule has 0 saturated heterocycles. The van der Waals surface area contributed by atoms with Gasteiger partial charge in [0.1, 0.15) is 13.2 Å². The van der Waals surface area contributed by atoms with Gasteiger partial charge in [-0.1, -0.05) is 315 Å². The van der Waals surface area contributed by atoms with E-state index in [2.05, 4.69) is 45.1 Å². The molecule has 0 saturated carbocycles. The molecule has 1 atom stereocenters. The average Bonchev–Trinajstić information content (AvgIpc) is 3.37. The Balaban J connectivity index is 4.20. The van der Waals surface area contributed by atoms with Gasteiger partial charge in [0.15, 0.2) is 6.10 Å². The van der Waals surface area contributed by atoms with Gasteiger partial charge in [-0.05, 0) is 44.9 Å². The van der Waals surface area contributed by atoms with Crippen LogP contribution in [0.1, 0.15) is 355 Å². The van der Waals surface area contributed by atoms with E-state index < -0.39 is 6.10 Å². The van der Waals surface area contributed by atoms with Gasteiger partial charge in [0.2, 0.25) is 0 Å². The molecule has 1 unspecified atom stereocenters. The maximum atomic E-state index is 12.9. The quantitative estimate of drug-likeness (QED) is 0.0261. The number of hydrogen-bond donors (Lipinski definition) is 0. The van der Waals surface area contributed by atoms with Crippen LogP contribution < -0.4 is 0 Å². The van der Waals surface area contributed by atoms with Gasteiger partial charge in [0.25, 0.3) is 0 Å². The molecule has 0 heterocycles. The number of unbranched alkanes of at least 4 members (excludes halogenated alkanes) is 44. The van der Waals surface area contributed by atoms with Crippen LogP contribution in [-0.2, 0) is 28.6 Å². The van der Waals surface area contributed by atoms with Crippen molar-refractivity contribution in [2.75, 3.05) is 13.2 Å². The van der Waals surface area contributed by atoms with Crippen LogP contribution in [0.5, 0.6) is 0 Å². The van der Waals surface area contributed by atoms with Crippen LogP contribution in [-0.4, -0.2) is 37.2 Å². The first kappa shape index (κ1) is 68.9. The second-order valence-corrected chi connectivity index (χ2v) is 21.7. The summed E-state index contributed by atoms with van der Waals surface area (Å²) in [5, 5.41) is 0. The number of ether oxygens (including phenoxy) is 3. The molecule has 0 aromatic heterocycles. The first-order valence-electron chi connectivity index (χ1n) is 31.8. The summed E-state index contributed by atoms with van der Waals surface area (Å²) in [6.45, 7) is 6.63. The molecule has 0 rings (SSSR count). The summed E-state index contributed by atoms with van der Waals surface area (Å²) in [5.41, 5.74) is 0. The molecule has 0 aromatic carbocycles. The van der Waals surface area contributed by atoms with Crippen LogP contribution in [0.25, 0.3) is 0 Å². The fourth-order valence-electron chi connectivity index (χ4n) is 9.66. The standard InChI is InChI=1S/C65H122O6/c1-4-7-10-13-16-19-22-25-27-28-29-30-31-32-33-34-35-36-38-40-43-46-49-52-55-58-64(67)70-61-62(60-69-63(66)57-54-51-48-45-42-39-24-21-18-15-12-9-6-3)71-65(68)59-56-53-50-47-44-41-37-26-23-20-17-14-11-8-5-2/h12,15,21,24,62H,4-11,13-14,16-20,22-23,25-61H2,1-3H3/b15-12-,24-21-. The molecule has 6 heteroatoms. The molecule has 418 valence electrons. The Hall–Kier alpha value is -2.11. The van der Waals surface area contributed by atoms with Gasteiger partial charge in [0.05, 0.1) is 0 Å². The Morgan fingerprint density at radius 1 is 0.282 bits per heavy atom. The van der Waals surface area contributed by atoms with Gasteiger partial charge in [-0.25, -0.2) is 0 Å². The average molecular weight is 1000 g/mol. The predicted octanol–water partition coefficient (Wildman–Crippen LogP) is 21.4. The van der Waals surface area contributed by atoms with Crippen molar-refractivity contribution in [1.82, 2.24) is 0 Å². The van der Waals surface area contributed by atoms with Gasteiger partial charge in [-0.3, -0.25) is 14.4 Å². The molecule has 0 aromatic rings. The van der Waals surface area contributed by atoms with Gasteiger partial charge in [-0.15, -0.1) is 0 Å². The highest BCUT2D eigenvalue weighted by Gasteiger charge is 2.19. The summed E-state index contributed by atoms with van der Waals surface area (Å²) in [7, 11) is 0. The Kier molecular flexibility index (Phi) is 58.6. The van der Waals surface area contributed by atoms with Gasteiger partial charge in [-0.2, -0.15) is 0 Å². The van der Waals surface area contributed by atoms with E-state index in [-0.39, 0.29) is 31.1 Å². The Morgan fingerprint density at radius 3 is 0.831 bits per heavy atom. The molecule has 0 spiro atoms. The number of allylic oxidation sites excluding steroid dienone is 4. The third-order valence-electron chi connectivity index (χ3n) is 14.4. The molecule has 0 radical (unpaired) electrons. The minimum absolute atomic E-state index is 0.0698. The number of carbonyl (C=O) groups is 3. The highest BCUT2D eigenvalue weighted by molar-refractivity contribution is 5.71. The molecule has 0 bridgehead atoms. The maximum absolute atomic E-state index is 12.9. The molecule has 6 nitrogen and oxygen atoms in total. The van der Waals surface area contributed by atoms with E-state index in [1.165, 1.54) is 231 Å². The zero-order valence-electron chi connectivity index (χ0n) is 48.0. The van der Waals surface area contributed by atoms with Crippen LogP contribution in [0.15, 0.2) is 24.3 Å². The van der Waals surface area contributed by atoms with E-state index in [9.17, 15) is 14.4 Å². The first-order valence-corrected chi connectivity index (χ1v) is 31.8. The number of carbonyl (C=O) groups excluding carboxylic acids is 3. The van der Waals surface area contributed by atoms with E-state index in [1.807, 2.05) is 0 Å². The zero-order valence-corrected chi connectivity index (χ0v) is 48.0. The molecule has 0 amide bonds. The monoisotopic (exact) mass is 999 g/mol. The summed E-state index contributed by atoms with van der Waals surface area (Å²) in [5.74, 6) is -0.859. The predicted molar refractivity (Wildman–Crippen MR) is 307 cm³/mol.